The summed E-state index contributed by atoms with van der Waals surface area (Å²) in [6, 6.07) is 14.5. The average molecular weight is 644 g/mol. The third kappa shape index (κ3) is 9.05. The van der Waals surface area contributed by atoms with Gasteiger partial charge in [-0.2, -0.15) is 0 Å². The summed E-state index contributed by atoms with van der Waals surface area (Å²) >= 11 is 0. The van der Waals surface area contributed by atoms with Crippen LogP contribution in [0, 0.1) is 0 Å². The molecule has 2 N–H and O–H groups in total. The number of likely N-dealkylation sites (N-methyl/N-ethyl adjacent to an activating group) is 2. The molecule has 0 spiro atoms. The van der Waals surface area contributed by atoms with Crippen LogP contribution in [0.2, 0.25) is 0 Å². The Labute approximate surface area is 276 Å². The molecule has 5 rings (SSSR count). The van der Waals surface area contributed by atoms with Gasteiger partial charge in [0.15, 0.2) is 5.76 Å². The minimum Gasteiger partial charge on any atom is -0.436 e. The number of oxazole rings is 1. The minimum atomic E-state index is -0.124. The highest BCUT2D eigenvalue weighted by molar-refractivity contribution is 5.92. The highest BCUT2D eigenvalue weighted by Gasteiger charge is 2.31. The summed E-state index contributed by atoms with van der Waals surface area (Å²) in [6.07, 6.45) is 5.67. The van der Waals surface area contributed by atoms with E-state index in [1.807, 2.05) is 84.2 Å². The van der Waals surface area contributed by atoms with Gasteiger partial charge in [-0.3, -0.25) is 19.2 Å². The molecule has 12 nitrogen and oxygen atoms in total. The van der Waals surface area contributed by atoms with Crippen LogP contribution in [0.4, 0.5) is 11.4 Å². The number of nitrogens with one attached hydrogen (secondary N) is 2. The Hall–Kier alpha value is -4.55. The van der Waals surface area contributed by atoms with E-state index in [1.54, 1.807) is 18.3 Å². The molecule has 2 atom stereocenters. The smallest absolute Gasteiger partial charge is 0.236 e. The molecule has 3 heterocycles. The highest BCUT2D eigenvalue weighted by atomic mass is 16.4. The molecule has 2 saturated heterocycles. The van der Waals surface area contributed by atoms with E-state index in [-0.39, 0.29) is 48.6 Å². The van der Waals surface area contributed by atoms with Gasteiger partial charge in [-0.15, -0.1) is 0 Å². The number of carbonyl (C=O) groups is 4. The molecule has 250 valence electrons. The highest BCUT2D eigenvalue weighted by Crippen LogP contribution is 2.29. The second-order valence-electron chi connectivity index (χ2n) is 12.9. The molecule has 2 aliphatic rings. The second-order valence-corrected chi connectivity index (χ2v) is 12.9. The van der Waals surface area contributed by atoms with Crippen molar-refractivity contribution in [1.82, 2.24) is 24.6 Å². The van der Waals surface area contributed by atoms with Gasteiger partial charge in [0.25, 0.3) is 0 Å². The molecule has 0 bridgehead atoms. The van der Waals surface area contributed by atoms with Crippen LogP contribution in [0.1, 0.15) is 38.5 Å². The minimum absolute atomic E-state index is 0.0554. The van der Waals surface area contributed by atoms with E-state index in [0.29, 0.717) is 49.2 Å². The first-order chi connectivity index (χ1) is 22.5. The van der Waals surface area contributed by atoms with Gasteiger partial charge < -0.3 is 34.7 Å². The molecule has 1 aromatic heterocycles. The van der Waals surface area contributed by atoms with Gasteiger partial charge in [0, 0.05) is 60.5 Å². The Bertz CT molecular complexity index is 1440. The lowest BCUT2D eigenvalue weighted by Gasteiger charge is -2.25. The number of rotatable bonds is 12. The number of amides is 4. The summed E-state index contributed by atoms with van der Waals surface area (Å²) in [5, 5.41) is 5.89. The van der Waals surface area contributed by atoms with Gasteiger partial charge >= 0.3 is 0 Å². The van der Waals surface area contributed by atoms with Gasteiger partial charge in [-0.25, -0.2) is 4.98 Å². The molecule has 2 aromatic carbocycles. The molecule has 0 aliphatic carbocycles. The first kappa shape index (κ1) is 33.8. The van der Waals surface area contributed by atoms with Crippen molar-refractivity contribution in [2.75, 3.05) is 65.0 Å². The number of benzene rings is 2. The first-order valence-corrected chi connectivity index (χ1v) is 16.2. The zero-order chi connectivity index (χ0) is 33.5. The number of carbonyl (C=O) groups excluding carboxylic acids is 4. The molecule has 0 radical (unpaired) electrons. The van der Waals surface area contributed by atoms with Crippen molar-refractivity contribution in [2.45, 2.75) is 50.6 Å². The van der Waals surface area contributed by atoms with Crippen LogP contribution >= 0.6 is 0 Å². The predicted octanol–water partition coefficient (Wildman–Crippen LogP) is 3.77. The van der Waals surface area contributed by atoms with E-state index in [9.17, 15) is 19.2 Å². The summed E-state index contributed by atoms with van der Waals surface area (Å²) in [5.41, 5.74) is 2.90. The molecule has 12 heteroatoms. The van der Waals surface area contributed by atoms with Gasteiger partial charge in [-0.05, 0) is 102 Å². The molecule has 3 aromatic rings. The Morgan fingerprint density at radius 1 is 0.723 bits per heavy atom. The number of aromatic nitrogens is 1. The summed E-state index contributed by atoms with van der Waals surface area (Å²) < 4.78 is 6.03. The average Bonchev–Trinajstić information content (AvgIpc) is 3.79. The molecule has 2 aliphatic heterocycles. The lowest BCUT2D eigenvalue weighted by atomic mass is 10.1. The summed E-state index contributed by atoms with van der Waals surface area (Å²) in [7, 11) is 7.46. The van der Waals surface area contributed by atoms with Gasteiger partial charge in [0.05, 0.1) is 19.3 Å². The standard InChI is InChI=1S/C35H45N7O5/c1-39(2)22-33(45)41-17-5-7-28(41)19-31(43)37-26-13-9-24(10-14-26)30-21-36-35(47-30)25-11-15-27(16-12-25)38-32(44)20-29-8-6-18-42(29)34(46)23-40(3)4/h9-16,21,28-29H,5-8,17-20,22-23H2,1-4H3,(H,37,43)(H,38,44)/t28-,29-/m0/s1. The number of hydrogen-bond donors (Lipinski definition) is 2. The van der Waals surface area contributed by atoms with Crippen molar-refractivity contribution in [3.8, 4) is 22.8 Å². The monoisotopic (exact) mass is 643 g/mol. The van der Waals surface area contributed by atoms with Crippen molar-refractivity contribution in [2.24, 2.45) is 0 Å². The van der Waals surface area contributed by atoms with Crippen molar-refractivity contribution < 1.29 is 23.6 Å². The van der Waals surface area contributed by atoms with Crippen LogP contribution in [0.5, 0.6) is 0 Å². The number of nitrogens with zero attached hydrogens (tertiary/aromatic N) is 5. The summed E-state index contributed by atoms with van der Waals surface area (Å²) in [6.45, 7) is 2.07. The third-order valence-corrected chi connectivity index (χ3v) is 8.51. The molecule has 0 saturated carbocycles. The van der Waals surface area contributed by atoms with Crippen molar-refractivity contribution >= 4 is 35.0 Å². The molecule has 2 fully saturated rings. The Morgan fingerprint density at radius 3 is 1.62 bits per heavy atom. The summed E-state index contributed by atoms with van der Waals surface area (Å²) in [5.74, 6) is 0.897. The van der Waals surface area contributed by atoms with Crippen molar-refractivity contribution in [1.29, 1.82) is 0 Å². The van der Waals surface area contributed by atoms with Crippen molar-refractivity contribution in [3.05, 3.63) is 54.7 Å². The first-order valence-electron chi connectivity index (χ1n) is 16.2. The molecular weight excluding hydrogens is 598 g/mol. The lowest BCUT2D eigenvalue weighted by molar-refractivity contribution is -0.134. The quantitative estimate of drug-likeness (QED) is 0.305. The molecule has 0 unspecified atom stereocenters. The van der Waals surface area contributed by atoms with Crippen LogP contribution < -0.4 is 10.6 Å². The van der Waals surface area contributed by atoms with Crippen molar-refractivity contribution in [3.63, 3.8) is 0 Å². The fourth-order valence-corrected chi connectivity index (χ4v) is 6.28. The number of likely N-dealkylation sites (tertiary alicyclic amines) is 2. The zero-order valence-electron chi connectivity index (χ0n) is 27.7. The van der Waals surface area contributed by atoms with E-state index in [1.165, 1.54) is 0 Å². The molecular formula is C35H45N7O5. The SMILES string of the molecule is CN(C)CC(=O)N1CCC[C@H]1CC(=O)Nc1ccc(-c2cnc(-c3ccc(NC(=O)C[C@@H]4CCCN4C(=O)CN(C)C)cc3)o2)cc1. The second kappa shape index (κ2) is 15.4. The van der Waals surface area contributed by atoms with Gasteiger partial charge in [0.2, 0.25) is 29.5 Å². The summed E-state index contributed by atoms with van der Waals surface area (Å²) in [4.78, 5) is 62.4. The topological polar surface area (TPSA) is 131 Å². The number of anilines is 2. The normalized spacial score (nSPS) is 17.8. The Balaban J connectivity index is 1.12. The fourth-order valence-electron chi connectivity index (χ4n) is 6.28. The van der Waals surface area contributed by atoms with Crippen LogP contribution in [0.25, 0.3) is 22.8 Å². The lowest BCUT2D eigenvalue weighted by Crippen LogP contribution is -2.42. The Morgan fingerprint density at radius 2 is 1.17 bits per heavy atom. The maximum Gasteiger partial charge on any atom is 0.236 e. The third-order valence-electron chi connectivity index (χ3n) is 8.51. The van der Waals surface area contributed by atoms with E-state index >= 15 is 0 Å². The Kier molecular flexibility index (Phi) is 11.0. The fraction of sp³-hybridized carbons (Fsp3) is 0.457. The van der Waals surface area contributed by atoms with E-state index in [0.717, 1.165) is 36.8 Å². The van der Waals surface area contributed by atoms with Gasteiger partial charge in [-0.1, -0.05) is 0 Å². The predicted molar refractivity (Wildman–Crippen MR) is 180 cm³/mol. The van der Waals surface area contributed by atoms with E-state index < -0.39 is 0 Å². The maximum atomic E-state index is 12.8. The zero-order valence-corrected chi connectivity index (χ0v) is 27.7. The van der Waals surface area contributed by atoms with Crippen LogP contribution in [-0.2, 0) is 19.2 Å². The molecule has 4 amide bonds. The van der Waals surface area contributed by atoms with Gasteiger partial charge in [0.1, 0.15) is 0 Å². The van der Waals surface area contributed by atoms with E-state index in [2.05, 4.69) is 15.6 Å². The molecule has 47 heavy (non-hydrogen) atoms. The largest absolute Gasteiger partial charge is 0.436 e. The van der Waals surface area contributed by atoms with Crippen LogP contribution in [-0.4, -0.2) is 115 Å². The number of hydrogen-bond acceptors (Lipinski definition) is 8. The van der Waals surface area contributed by atoms with Crippen LogP contribution in [0.15, 0.2) is 59.1 Å². The van der Waals surface area contributed by atoms with E-state index in [4.69, 9.17) is 4.42 Å². The maximum absolute atomic E-state index is 12.8. The van der Waals surface area contributed by atoms with Crippen LogP contribution in [0.3, 0.4) is 0 Å².